The molecule has 3 aromatic rings. The largest absolute Gasteiger partial charge is 0.447 e. The molecule has 2 aromatic carbocycles. The number of nitrogens with one attached hydrogen (secondary N) is 2. The molecule has 4 rings (SSSR count). The number of aromatic nitrogens is 1. The van der Waals surface area contributed by atoms with Crippen LogP contribution in [0, 0.1) is 5.82 Å². The molecule has 2 heterocycles. The van der Waals surface area contributed by atoms with E-state index in [0.29, 0.717) is 31.7 Å². The molecule has 0 radical (unpaired) electrons. The summed E-state index contributed by atoms with van der Waals surface area (Å²) in [6.45, 7) is 7.74. The van der Waals surface area contributed by atoms with Crippen LogP contribution in [0.25, 0.3) is 10.8 Å². The van der Waals surface area contributed by atoms with Crippen molar-refractivity contribution >= 4 is 52.2 Å². The van der Waals surface area contributed by atoms with Crippen molar-refractivity contribution in [2.75, 3.05) is 38.1 Å². The first-order valence-electron chi connectivity index (χ1n) is 15.3. The lowest BCUT2D eigenvalue weighted by molar-refractivity contribution is -0.139. The van der Waals surface area contributed by atoms with Crippen LogP contribution < -0.4 is 10.7 Å². The van der Waals surface area contributed by atoms with Crippen LogP contribution in [0.5, 0.6) is 0 Å². The van der Waals surface area contributed by atoms with E-state index >= 15 is 0 Å². The standard InChI is InChI=1S/C33H40ClFN6O6/c1-22(42)41(37-20-25-10-7-11-27(35)30(25)34)26(21-46-31(44)38-28-18-23-8-5-6-9-24(23)19-36-28)12-13-29(43)39-14-16-40(17-15-39)32(45)47-33(2,3)4/h5-11,18-19,26,37H,12-17,20-21H2,1-4H3,(H,36,38,44)/t26-/m0/s1. The zero-order valence-electron chi connectivity index (χ0n) is 26.9. The molecule has 1 atom stereocenters. The number of amides is 4. The van der Waals surface area contributed by atoms with E-state index < -0.39 is 35.6 Å². The Labute approximate surface area is 278 Å². The van der Waals surface area contributed by atoms with Gasteiger partial charge in [0.1, 0.15) is 23.8 Å². The Kier molecular flexibility index (Phi) is 11.9. The number of benzene rings is 2. The van der Waals surface area contributed by atoms with Crippen molar-refractivity contribution in [2.24, 2.45) is 0 Å². The third-order valence-corrected chi connectivity index (χ3v) is 7.84. The zero-order valence-corrected chi connectivity index (χ0v) is 27.7. The molecule has 2 N–H and O–H groups in total. The molecule has 1 fully saturated rings. The van der Waals surface area contributed by atoms with Crippen LogP contribution in [0.1, 0.15) is 46.1 Å². The average Bonchev–Trinajstić information content (AvgIpc) is 3.02. The van der Waals surface area contributed by atoms with Gasteiger partial charge in [0.15, 0.2) is 0 Å². The van der Waals surface area contributed by atoms with Gasteiger partial charge in [0.25, 0.3) is 0 Å². The SMILES string of the molecule is CC(=O)N(NCc1cccc(F)c1Cl)[C@@H](CCC(=O)N1CCN(C(=O)OC(C)(C)C)CC1)COC(=O)Nc1cc2ccccc2cn1. The lowest BCUT2D eigenvalue weighted by atomic mass is 10.1. The van der Waals surface area contributed by atoms with Crippen molar-refractivity contribution in [3.05, 3.63) is 71.1 Å². The molecule has 1 aromatic heterocycles. The smallest absolute Gasteiger partial charge is 0.412 e. The first-order chi connectivity index (χ1) is 22.3. The van der Waals surface area contributed by atoms with Crippen molar-refractivity contribution in [1.82, 2.24) is 25.2 Å². The lowest BCUT2D eigenvalue weighted by Crippen LogP contribution is -2.53. The maximum Gasteiger partial charge on any atom is 0.412 e. The Morgan fingerprint density at radius 3 is 2.38 bits per heavy atom. The van der Waals surface area contributed by atoms with Gasteiger partial charge in [0.2, 0.25) is 11.8 Å². The number of carbonyl (C=O) groups is 4. The predicted molar refractivity (Wildman–Crippen MR) is 175 cm³/mol. The fourth-order valence-electron chi connectivity index (χ4n) is 5.02. The second kappa shape index (κ2) is 15.9. The van der Waals surface area contributed by atoms with Crippen molar-refractivity contribution in [3.8, 4) is 0 Å². The number of hydrogen-bond donors (Lipinski definition) is 2. The third-order valence-electron chi connectivity index (χ3n) is 7.42. The average molecular weight is 671 g/mol. The topological polar surface area (TPSA) is 133 Å². The van der Waals surface area contributed by atoms with Crippen LogP contribution in [0.2, 0.25) is 5.02 Å². The van der Waals surface area contributed by atoms with Gasteiger partial charge < -0.3 is 19.3 Å². The first-order valence-corrected chi connectivity index (χ1v) is 15.7. The van der Waals surface area contributed by atoms with Gasteiger partial charge in [-0.25, -0.2) is 24.4 Å². The molecule has 0 aliphatic carbocycles. The minimum absolute atomic E-state index is 0.000447. The summed E-state index contributed by atoms with van der Waals surface area (Å²) >= 11 is 6.12. The van der Waals surface area contributed by atoms with E-state index in [-0.39, 0.29) is 42.7 Å². The molecule has 4 amide bonds. The fraction of sp³-hybridized carbons (Fsp3) is 0.424. The number of halogens is 2. The minimum Gasteiger partial charge on any atom is -0.447 e. The summed E-state index contributed by atoms with van der Waals surface area (Å²) in [4.78, 5) is 58.7. The molecule has 14 heteroatoms. The molecule has 0 bridgehead atoms. The Hall–Kier alpha value is -4.49. The second-order valence-electron chi connectivity index (χ2n) is 12.1. The van der Waals surface area contributed by atoms with E-state index in [1.54, 1.807) is 48.9 Å². The zero-order chi connectivity index (χ0) is 34.1. The Morgan fingerprint density at radius 1 is 1.02 bits per heavy atom. The van der Waals surface area contributed by atoms with Crippen LogP contribution in [0.3, 0.4) is 0 Å². The van der Waals surface area contributed by atoms with Crippen LogP contribution in [0.15, 0.2) is 54.7 Å². The van der Waals surface area contributed by atoms with E-state index in [1.807, 2.05) is 24.3 Å². The highest BCUT2D eigenvalue weighted by Gasteiger charge is 2.29. The molecule has 0 spiro atoms. The number of fused-ring (bicyclic) bond motifs is 1. The first kappa shape index (κ1) is 35.4. The predicted octanol–water partition coefficient (Wildman–Crippen LogP) is 5.36. The van der Waals surface area contributed by atoms with Gasteiger partial charge >= 0.3 is 12.2 Å². The molecule has 1 saturated heterocycles. The Balaban J connectivity index is 1.40. The minimum atomic E-state index is -0.793. The quantitative estimate of drug-likeness (QED) is 0.276. The highest BCUT2D eigenvalue weighted by atomic mass is 35.5. The Morgan fingerprint density at radius 2 is 1.70 bits per heavy atom. The van der Waals surface area contributed by atoms with Gasteiger partial charge in [-0.2, -0.15) is 0 Å². The van der Waals surface area contributed by atoms with Crippen molar-refractivity contribution in [3.63, 3.8) is 0 Å². The van der Waals surface area contributed by atoms with Crippen molar-refractivity contribution in [1.29, 1.82) is 0 Å². The van der Waals surface area contributed by atoms with E-state index in [4.69, 9.17) is 21.1 Å². The van der Waals surface area contributed by atoms with Gasteiger partial charge in [-0.3, -0.25) is 19.9 Å². The number of anilines is 1. The maximum absolute atomic E-state index is 14.0. The van der Waals surface area contributed by atoms with E-state index in [1.165, 1.54) is 24.1 Å². The number of ether oxygens (including phenoxy) is 2. The van der Waals surface area contributed by atoms with Crippen LogP contribution in [-0.2, 0) is 25.6 Å². The molecule has 12 nitrogen and oxygen atoms in total. The summed E-state index contributed by atoms with van der Waals surface area (Å²) in [7, 11) is 0. The number of nitrogens with zero attached hydrogens (tertiary/aromatic N) is 4. The number of hydrogen-bond acceptors (Lipinski definition) is 8. The molecule has 0 saturated carbocycles. The third kappa shape index (κ3) is 10.2. The highest BCUT2D eigenvalue weighted by Crippen LogP contribution is 2.21. The molecular formula is C33H40ClFN6O6. The van der Waals surface area contributed by atoms with Crippen molar-refractivity contribution < 1.29 is 33.0 Å². The number of piperazine rings is 1. The Bertz CT molecular complexity index is 1590. The molecule has 252 valence electrons. The summed E-state index contributed by atoms with van der Waals surface area (Å²) in [6, 6.07) is 12.8. The summed E-state index contributed by atoms with van der Waals surface area (Å²) < 4.78 is 25.0. The van der Waals surface area contributed by atoms with E-state index in [2.05, 4.69) is 15.7 Å². The van der Waals surface area contributed by atoms with Crippen LogP contribution in [0.4, 0.5) is 19.8 Å². The van der Waals surface area contributed by atoms with E-state index in [0.717, 1.165) is 10.8 Å². The molecule has 47 heavy (non-hydrogen) atoms. The molecule has 1 aliphatic rings. The summed E-state index contributed by atoms with van der Waals surface area (Å²) in [6.07, 6.45) is 0.571. The monoisotopic (exact) mass is 670 g/mol. The molecular weight excluding hydrogens is 631 g/mol. The van der Waals surface area contributed by atoms with E-state index in [9.17, 15) is 23.6 Å². The fourth-order valence-corrected chi connectivity index (χ4v) is 5.21. The number of carbonyl (C=O) groups excluding carboxylic acids is 4. The second-order valence-corrected chi connectivity index (χ2v) is 12.5. The van der Waals surface area contributed by atoms with Crippen LogP contribution in [-0.4, -0.2) is 88.2 Å². The van der Waals surface area contributed by atoms with Gasteiger partial charge in [0, 0.05) is 57.7 Å². The highest BCUT2D eigenvalue weighted by molar-refractivity contribution is 6.31. The summed E-state index contributed by atoms with van der Waals surface area (Å²) in [5.74, 6) is -0.911. The van der Waals surface area contributed by atoms with Gasteiger partial charge in [-0.1, -0.05) is 48.0 Å². The van der Waals surface area contributed by atoms with Gasteiger partial charge in [-0.05, 0) is 50.3 Å². The number of pyridine rings is 1. The number of hydrazine groups is 1. The maximum atomic E-state index is 14.0. The molecule has 1 aliphatic heterocycles. The summed E-state index contributed by atoms with van der Waals surface area (Å²) in [5, 5.41) is 5.56. The normalized spacial score (nSPS) is 14.0. The molecule has 0 unspecified atom stereocenters. The van der Waals surface area contributed by atoms with Crippen molar-refractivity contribution in [2.45, 2.75) is 58.7 Å². The lowest BCUT2D eigenvalue weighted by Gasteiger charge is -2.36. The van der Waals surface area contributed by atoms with Crippen LogP contribution >= 0.6 is 11.6 Å². The summed E-state index contributed by atoms with van der Waals surface area (Å²) in [5.41, 5.74) is 2.75. The number of rotatable bonds is 10. The van der Waals surface area contributed by atoms with Gasteiger partial charge in [0.05, 0.1) is 11.1 Å². The van der Waals surface area contributed by atoms with Gasteiger partial charge in [-0.15, -0.1) is 0 Å².